The van der Waals surface area contributed by atoms with Gasteiger partial charge in [-0.05, 0) is 32.7 Å². The molecule has 2 saturated heterocycles. The number of carbonyl (C=O) groups is 4. The fourth-order valence-corrected chi connectivity index (χ4v) is 8.54. The standard InChI is InChI=1S/C43H49N5O12S2/c1-24(50)54-22-34-40(56-26(3)52)41(57-27(4)53)39(55-25(2)51)33(58-34)19-36(61)44-20-28-11-17-32(18-12-28)42-59-35(23-62-43-45-46-47-48(43)5)37(30-9-7-6-8-10-30)38(60-42)31-15-13-29(21-49)14-16-31/h6-18,33-35,37-42,49H,19-23H2,1-5H3,(H,44,61). The van der Waals surface area contributed by atoms with Gasteiger partial charge in [-0.15, -0.1) is 5.10 Å². The van der Waals surface area contributed by atoms with E-state index < -0.39 is 66.8 Å². The molecule has 330 valence electrons. The number of nitrogens with one attached hydrogen (secondary N) is 1. The Hall–Kier alpha value is -5.31. The van der Waals surface area contributed by atoms with Crippen molar-refractivity contribution in [3.8, 4) is 0 Å². The normalized spacial score (nSPS) is 24.6. The third kappa shape index (κ3) is 12.2. The molecule has 0 radical (unpaired) electrons. The second kappa shape index (κ2) is 21.7. The number of aliphatic hydroxyl groups excluding tert-OH is 1. The zero-order valence-corrected chi connectivity index (χ0v) is 36.4. The van der Waals surface area contributed by atoms with Crippen LogP contribution in [-0.4, -0.2) is 103 Å². The summed E-state index contributed by atoms with van der Waals surface area (Å²) in [6, 6.07) is 25.5. The van der Waals surface area contributed by atoms with Gasteiger partial charge in [0.05, 0.1) is 23.8 Å². The zero-order valence-electron chi connectivity index (χ0n) is 34.8. The van der Waals surface area contributed by atoms with Crippen LogP contribution in [0.3, 0.4) is 0 Å². The highest BCUT2D eigenvalue weighted by Gasteiger charge is 2.52. The van der Waals surface area contributed by atoms with E-state index in [2.05, 4.69) is 33.0 Å². The summed E-state index contributed by atoms with van der Waals surface area (Å²) in [5, 5.41) is 25.6. The fourth-order valence-electron chi connectivity index (χ4n) is 7.38. The predicted octanol–water partition coefficient (Wildman–Crippen LogP) is 4.37. The van der Waals surface area contributed by atoms with E-state index >= 15 is 0 Å². The number of hydrogen-bond acceptors (Lipinski definition) is 17. The van der Waals surface area contributed by atoms with Crippen molar-refractivity contribution in [2.24, 2.45) is 7.05 Å². The van der Waals surface area contributed by atoms with Crippen molar-refractivity contribution < 1.29 is 57.4 Å². The number of hydrogen-bond donors (Lipinski definition) is 2. The summed E-state index contributed by atoms with van der Waals surface area (Å²) in [5.41, 5.74) is 4.43. The van der Waals surface area contributed by atoms with E-state index in [9.17, 15) is 24.3 Å². The number of tetrazole rings is 1. The maximum atomic E-state index is 12.3. The molecule has 62 heavy (non-hydrogen) atoms. The maximum Gasteiger partial charge on any atom is 0.303 e. The number of nitrogens with zero attached hydrogens (tertiary/aromatic N) is 4. The molecule has 2 N–H and O–H groups in total. The predicted molar refractivity (Wildman–Crippen MR) is 225 cm³/mol. The first-order chi connectivity index (χ1) is 29.8. The van der Waals surface area contributed by atoms with Gasteiger partial charge in [0, 0.05) is 64.9 Å². The first kappa shape index (κ1) is 46.2. The fraction of sp³-hybridized carbons (Fsp3) is 0.442. The molecule has 2 aliphatic rings. The van der Waals surface area contributed by atoms with Crippen LogP contribution in [0, 0.1) is 0 Å². The number of aryl methyl sites for hydroxylation is 1. The van der Waals surface area contributed by atoms with Crippen molar-refractivity contribution in [3.05, 3.63) is 107 Å². The summed E-state index contributed by atoms with van der Waals surface area (Å²) in [6.07, 6.45) is -7.32. The Kier molecular flexibility index (Phi) is 16.1. The lowest BCUT2D eigenvalue weighted by atomic mass is 9.84. The topological polar surface area (TPSA) is 209 Å². The zero-order chi connectivity index (χ0) is 44.3. The number of benzene rings is 3. The number of ether oxygens (including phenoxy) is 7. The number of rotatable bonds is 16. The van der Waals surface area contributed by atoms with E-state index in [0.717, 1.165) is 34.7 Å². The Morgan fingerprint density at radius 2 is 1.35 bits per heavy atom. The number of thiocarbonyl (C=S) groups is 1. The molecule has 0 bridgehead atoms. The van der Waals surface area contributed by atoms with E-state index in [1.165, 1.54) is 32.5 Å². The molecule has 9 atom stereocenters. The van der Waals surface area contributed by atoms with E-state index in [0.29, 0.717) is 22.4 Å². The van der Waals surface area contributed by atoms with Crippen molar-refractivity contribution in [1.29, 1.82) is 0 Å². The van der Waals surface area contributed by atoms with Crippen LogP contribution in [0.25, 0.3) is 0 Å². The average Bonchev–Trinajstić information content (AvgIpc) is 3.67. The third-order valence-corrected chi connectivity index (χ3v) is 11.6. The van der Waals surface area contributed by atoms with Gasteiger partial charge < -0.3 is 43.6 Å². The molecule has 0 spiro atoms. The molecule has 2 aliphatic heterocycles. The molecule has 3 heterocycles. The molecule has 9 unspecified atom stereocenters. The molecule has 17 nitrogen and oxygen atoms in total. The highest BCUT2D eigenvalue weighted by atomic mass is 32.2. The van der Waals surface area contributed by atoms with Gasteiger partial charge in [-0.2, -0.15) is 0 Å². The second-order valence-electron chi connectivity index (χ2n) is 14.8. The van der Waals surface area contributed by atoms with E-state index in [1.807, 2.05) is 66.7 Å². The molecule has 6 rings (SSSR count). The summed E-state index contributed by atoms with van der Waals surface area (Å²) in [5.74, 6) is -2.41. The monoisotopic (exact) mass is 891 g/mol. The lowest BCUT2D eigenvalue weighted by Crippen LogP contribution is -2.62. The number of esters is 4. The van der Waals surface area contributed by atoms with Gasteiger partial charge in [0.15, 0.2) is 24.6 Å². The van der Waals surface area contributed by atoms with Crippen molar-refractivity contribution in [1.82, 2.24) is 25.5 Å². The van der Waals surface area contributed by atoms with Crippen molar-refractivity contribution >= 4 is 52.8 Å². The highest BCUT2D eigenvalue weighted by molar-refractivity contribution is 7.99. The minimum Gasteiger partial charge on any atom is -0.463 e. The molecular formula is C43H49N5O12S2. The van der Waals surface area contributed by atoms with Crippen LogP contribution in [0.4, 0.5) is 0 Å². The summed E-state index contributed by atoms with van der Waals surface area (Å²) in [7, 11) is 1.79. The SMILES string of the molecule is CC(=O)OCC1OC(CC(=S)NCc2ccc(C3OC(CSc4nnnn4C)C(c4ccccc4)C(c4ccc(CO)cc4)O3)cc2)C(OC(C)=O)C(OC(C)=O)C1OC(C)=O. The van der Waals surface area contributed by atoms with Crippen molar-refractivity contribution in [2.45, 2.75) is 107 Å². The van der Waals surface area contributed by atoms with Crippen LogP contribution in [0.2, 0.25) is 0 Å². The molecule has 19 heteroatoms. The summed E-state index contributed by atoms with van der Waals surface area (Å²) in [6.45, 7) is 4.62. The molecule has 3 aromatic carbocycles. The second-order valence-corrected chi connectivity index (χ2v) is 16.2. The van der Waals surface area contributed by atoms with Crippen LogP contribution in [0.5, 0.6) is 0 Å². The molecule has 1 aromatic heterocycles. The van der Waals surface area contributed by atoms with Crippen LogP contribution in [-0.2, 0) is 72.5 Å². The first-order valence-corrected chi connectivity index (χ1v) is 21.3. The van der Waals surface area contributed by atoms with Crippen LogP contribution in [0.1, 0.15) is 80.2 Å². The van der Waals surface area contributed by atoms with Crippen molar-refractivity contribution in [3.63, 3.8) is 0 Å². The lowest BCUT2D eigenvalue weighted by Gasteiger charge is -2.44. The van der Waals surface area contributed by atoms with E-state index in [1.54, 1.807) is 11.7 Å². The molecule has 0 saturated carbocycles. The van der Waals surface area contributed by atoms with E-state index in [-0.39, 0.29) is 31.7 Å². The maximum absolute atomic E-state index is 12.3. The Labute approximate surface area is 368 Å². The third-order valence-electron chi connectivity index (χ3n) is 10.1. The summed E-state index contributed by atoms with van der Waals surface area (Å²) < 4.78 is 43.3. The summed E-state index contributed by atoms with van der Waals surface area (Å²) in [4.78, 5) is 48.7. The Morgan fingerprint density at radius 3 is 1.95 bits per heavy atom. The molecular weight excluding hydrogens is 843 g/mol. The van der Waals surface area contributed by atoms with Gasteiger partial charge in [0.1, 0.15) is 18.8 Å². The lowest BCUT2D eigenvalue weighted by molar-refractivity contribution is -0.255. The smallest absolute Gasteiger partial charge is 0.303 e. The van der Waals surface area contributed by atoms with Gasteiger partial charge in [-0.1, -0.05) is 103 Å². The first-order valence-electron chi connectivity index (χ1n) is 19.9. The minimum absolute atomic E-state index is 0.00327. The van der Waals surface area contributed by atoms with Crippen LogP contribution >= 0.6 is 24.0 Å². The average molecular weight is 892 g/mol. The van der Waals surface area contributed by atoms with Gasteiger partial charge in [0.25, 0.3) is 0 Å². The number of carbonyl (C=O) groups excluding carboxylic acids is 4. The van der Waals surface area contributed by atoms with E-state index in [4.69, 9.17) is 45.4 Å². The quantitative estimate of drug-likeness (QED) is 0.0693. The number of aromatic nitrogens is 4. The van der Waals surface area contributed by atoms with Crippen LogP contribution in [0.15, 0.2) is 84.0 Å². The van der Waals surface area contributed by atoms with Gasteiger partial charge >= 0.3 is 23.9 Å². The Morgan fingerprint density at radius 1 is 0.742 bits per heavy atom. The van der Waals surface area contributed by atoms with Crippen LogP contribution < -0.4 is 5.32 Å². The molecule has 0 aliphatic carbocycles. The van der Waals surface area contributed by atoms with Gasteiger partial charge in [-0.3, -0.25) is 19.2 Å². The van der Waals surface area contributed by atoms with Gasteiger partial charge in [0.2, 0.25) is 5.16 Å². The molecule has 2 fully saturated rings. The number of aliphatic hydroxyl groups is 1. The van der Waals surface area contributed by atoms with Crippen molar-refractivity contribution in [2.75, 3.05) is 12.4 Å². The Balaban J connectivity index is 1.19. The van der Waals surface area contributed by atoms with Gasteiger partial charge in [-0.25, -0.2) is 4.68 Å². The summed E-state index contributed by atoms with van der Waals surface area (Å²) >= 11 is 7.21. The Bertz CT molecular complexity index is 2160. The highest BCUT2D eigenvalue weighted by Crippen LogP contribution is 2.48. The number of thioether (sulfide) groups is 1. The largest absolute Gasteiger partial charge is 0.463 e. The molecule has 0 amide bonds. The molecule has 4 aromatic rings. The minimum atomic E-state index is -1.29.